The summed E-state index contributed by atoms with van der Waals surface area (Å²) in [5.41, 5.74) is 6.03. The third-order valence-corrected chi connectivity index (χ3v) is 6.47. The predicted octanol–water partition coefficient (Wildman–Crippen LogP) is 6.15. The number of halogens is 2. The van der Waals surface area contributed by atoms with Crippen LogP contribution in [-0.4, -0.2) is 28.6 Å². The number of benzene rings is 3. The van der Waals surface area contributed by atoms with Crippen molar-refractivity contribution in [2.45, 2.75) is 13.3 Å². The van der Waals surface area contributed by atoms with E-state index in [-0.39, 0.29) is 16.8 Å². The first-order valence-electron chi connectivity index (χ1n) is 10.7. The predicted molar refractivity (Wildman–Crippen MR) is 135 cm³/mol. The first kappa shape index (κ1) is 22.2. The molecule has 0 saturated carbocycles. The number of H-pyrrole nitrogens is 1. The standard InChI is InChI=1S/C26H20Cl2N4O2/c1-15-12-18(30-25(33)20-8-6-17(27)13-22(20)28)7-9-19(15)26(34)32-11-10-16-14-29-31-24(16)21-4-2-3-5-23(21)32/h2-9,12-14H,10-11H2,1H3,(H,29,31)(H,30,33). The third kappa shape index (κ3) is 4.06. The molecule has 8 heteroatoms. The summed E-state index contributed by atoms with van der Waals surface area (Å²) in [5, 5.41) is 10.8. The van der Waals surface area contributed by atoms with E-state index >= 15 is 0 Å². The van der Waals surface area contributed by atoms with Crippen molar-refractivity contribution in [3.05, 3.63) is 99.2 Å². The molecule has 1 aliphatic rings. The van der Waals surface area contributed by atoms with E-state index in [0.29, 0.717) is 34.8 Å². The van der Waals surface area contributed by atoms with Gasteiger partial charge in [-0.1, -0.05) is 41.4 Å². The zero-order valence-electron chi connectivity index (χ0n) is 18.2. The number of fused-ring (bicyclic) bond motifs is 3. The molecule has 1 aliphatic heterocycles. The highest BCUT2D eigenvalue weighted by Gasteiger charge is 2.26. The number of carbonyl (C=O) groups excluding carboxylic acids is 2. The lowest BCUT2D eigenvalue weighted by molar-refractivity contribution is 0.0985. The molecule has 5 rings (SSSR count). The molecule has 0 atom stereocenters. The van der Waals surface area contributed by atoms with Gasteiger partial charge in [0.15, 0.2) is 0 Å². The van der Waals surface area contributed by atoms with Crippen LogP contribution >= 0.6 is 23.2 Å². The Hall–Kier alpha value is -3.61. The van der Waals surface area contributed by atoms with Crippen LogP contribution in [0.1, 0.15) is 31.8 Å². The summed E-state index contributed by atoms with van der Waals surface area (Å²) in [5.74, 6) is -0.446. The number of aryl methyl sites for hydroxylation is 1. The Labute approximate surface area is 206 Å². The zero-order chi connectivity index (χ0) is 23.8. The summed E-state index contributed by atoms with van der Waals surface area (Å²) in [4.78, 5) is 28.1. The van der Waals surface area contributed by atoms with E-state index in [0.717, 1.165) is 28.1 Å². The van der Waals surface area contributed by atoms with Crippen LogP contribution in [0, 0.1) is 6.92 Å². The Bertz CT molecular complexity index is 1430. The summed E-state index contributed by atoms with van der Waals surface area (Å²) in [6.07, 6.45) is 2.51. The molecule has 0 aliphatic carbocycles. The third-order valence-electron chi connectivity index (χ3n) is 5.92. The number of amides is 2. The highest BCUT2D eigenvalue weighted by molar-refractivity contribution is 6.37. The van der Waals surface area contributed by atoms with E-state index in [2.05, 4.69) is 15.5 Å². The molecule has 6 nitrogen and oxygen atoms in total. The molecule has 0 radical (unpaired) electrons. The number of hydrogen-bond donors (Lipinski definition) is 2. The minimum absolute atomic E-state index is 0.0957. The molecule has 0 bridgehead atoms. The molecule has 0 fully saturated rings. The number of hydrogen-bond acceptors (Lipinski definition) is 3. The average Bonchev–Trinajstić information content (AvgIpc) is 3.22. The van der Waals surface area contributed by atoms with E-state index in [9.17, 15) is 9.59 Å². The maximum absolute atomic E-state index is 13.6. The second-order valence-corrected chi connectivity index (χ2v) is 8.95. The van der Waals surface area contributed by atoms with Gasteiger partial charge in [-0.15, -0.1) is 0 Å². The topological polar surface area (TPSA) is 78.1 Å². The Balaban J connectivity index is 1.41. The first-order valence-corrected chi connectivity index (χ1v) is 11.5. The summed E-state index contributed by atoms with van der Waals surface area (Å²) >= 11 is 12.1. The molecule has 170 valence electrons. The summed E-state index contributed by atoms with van der Waals surface area (Å²) in [6, 6.07) is 17.8. The van der Waals surface area contributed by atoms with Gasteiger partial charge in [0.1, 0.15) is 0 Å². The van der Waals surface area contributed by atoms with Gasteiger partial charge in [-0.25, -0.2) is 0 Å². The van der Waals surface area contributed by atoms with Crippen LogP contribution in [0.2, 0.25) is 10.0 Å². The number of rotatable bonds is 3. The quantitative estimate of drug-likeness (QED) is 0.361. The van der Waals surface area contributed by atoms with E-state index in [4.69, 9.17) is 23.2 Å². The van der Waals surface area contributed by atoms with Crippen LogP contribution in [0.5, 0.6) is 0 Å². The van der Waals surface area contributed by atoms with Gasteiger partial charge in [0.25, 0.3) is 11.8 Å². The number of para-hydroxylation sites is 1. The molecular weight excluding hydrogens is 471 g/mol. The Kier molecular flexibility index (Phi) is 5.86. The zero-order valence-corrected chi connectivity index (χ0v) is 19.7. The molecule has 2 amide bonds. The van der Waals surface area contributed by atoms with Gasteiger partial charge >= 0.3 is 0 Å². The van der Waals surface area contributed by atoms with Crippen molar-refractivity contribution in [3.8, 4) is 11.3 Å². The fourth-order valence-corrected chi connectivity index (χ4v) is 4.71. The van der Waals surface area contributed by atoms with Crippen LogP contribution in [-0.2, 0) is 6.42 Å². The number of aromatic amines is 1. The molecule has 0 saturated heterocycles. The Morgan fingerprint density at radius 2 is 1.82 bits per heavy atom. The van der Waals surface area contributed by atoms with Gasteiger partial charge in [0, 0.05) is 28.4 Å². The molecule has 2 N–H and O–H groups in total. The van der Waals surface area contributed by atoms with Crippen LogP contribution in [0.15, 0.2) is 66.9 Å². The smallest absolute Gasteiger partial charge is 0.258 e. The average molecular weight is 491 g/mol. The normalized spacial score (nSPS) is 12.5. The monoisotopic (exact) mass is 490 g/mol. The number of aromatic nitrogens is 2. The fraction of sp³-hybridized carbons (Fsp3) is 0.115. The van der Waals surface area contributed by atoms with Crippen molar-refractivity contribution in [1.29, 1.82) is 0 Å². The summed E-state index contributed by atoms with van der Waals surface area (Å²) in [7, 11) is 0. The van der Waals surface area contributed by atoms with Gasteiger partial charge in [-0.3, -0.25) is 14.7 Å². The Morgan fingerprint density at radius 3 is 2.62 bits per heavy atom. The van der Waals surface area contributed by atoms with Crippen molar-refractivity contribution < 1.29 is 9.59 Å². The maximum Gasteiger partial charge on any atom is 0.258 e. The summed E-state index contributed by atoms with van der Waals surface area (Å²) < 4.78 is 0. The molecule has 2 heterocycles. The molecule has 3 aromatic carbocycles. The fourth-order valence-electron chi connectivity index (χ4n) is 4.22. The number of anilines is 2. The van der Waals surface area contributed by atoms with Crippen molar-refractivity contribution in [2.24, 2.45) is 0 Å². The molecule has 1 aromatic heterocycles. The lowest BCUT2D eigenvalue weighted by Crippen LogP contribution is -2.33. The number of carbonyl (C=O) groups is 2. The van der Waals surface area contributed by atoms with E-state index in [1.807, 2.05) is 37.4 Å². The minimum atomic E-state index is -0.351. The lowest BCUT2D eigenvalue weighted by atomic mass is 10.0. The molecule has 34 heavy (non-hydrogen) atoms. The van der Waals surface area contributed by atoms with Crippen LogP contribution in [0.25, 0.3) is 11.3 Å². The second-order valence-electron chi connectivity index (χ2n) is 8.10. The molecule has 0 unspecified atom stereocenters. The van der Waals surface area contributed by atoms with Crippen LogP contribution in [0.3, 0.4) is 0 Å². The highest BCUT2D eigenvalue weighted by atomic mass is 35.5. The first-order chi connectivity index (χ1) is 16.4. The molecule has 0 spiro atoms. The van der Waals surface area contributed by atoms with E-state index in [1.165, 1.54) is 6.07 Å². The van der Waals surface area contributed by atoms with Gasteiger partial charge in [0.2, 0.25) is 0 Å². The second kappa shape index (κ2) is 8.97. The van der Waals surface area contributed by atoms with Crippen LogP contribution < -0.4 is 10.2 Å². The summed E-state index contributed by atoms with van der Waals surface area (Å²) in [6.45, 7) is 2.39. The van der Waals surface area contributed by atoms with E-state index in [1.54, 1.807) is 35.2 Å². The van der Waals surface area contributed by atoms with Crippen LogP contribution in [0.4, 0.5) is 11.4 Å². The van der Waals surface area contributed by atoms with E-state index < -0.39 is 0 Å². The van der Waals surface area contributed by atoms with Crippen molar-refractivity contribution >= 4 is 46.4 Å². The largest absolute Gasteiger partial charge is 0.322 e. The molecule has 4 aromatic rings. The number of nitrogens with one attached hydrogen (secondary N) is 2. The SMILES string of the molecule is Cc1cc(NC(=O)c2ccc(Cl)cc2Cl)ccc1C(=O)N1CCc2cn[nH]c2-c2ccccc21. The minimum Gasteiger partial charge on any atom is -0.322 e. The van der Waals surface area contributed by atoms with Gasteiger partial charge in [0.05, 0.1) is 28.2 Å². The van der Waals surface area contributed by atoms with Crippen molar-refractivity contribution in [2.75, 3.05) is 16.8 Å². The molecular formula is C26H20Cl2N4O2. The van der Waals surface area contributed by atoms with Gasteiger partial charge < -0.3 is 10.2 Å². The lowest BCUT2D eigenvalue weighted by Gasteiger charge is -2.24. The Morgan fingerprint density at radius 1 is 1.03 bits per heavy atom. The van der Waals surface area contributed by atoms with Crippen molar-refractivity contribution in [3.63, 3.8) is 0 Å². The van der Waals surface area contributed by atoms with Gasteiger partial charge in [-0.2, -0.15) is 5.10 Å². The number of nitrogens with zero attached hydrogens (tertiary/aromatic N) is 2. The van der Waals surface area contributed by atoms with Gasteiger partial charge in [-0.05, 0) is 66.9 Å². The maximum atomic E-state index is 13.6. The van der Waals surface area contributed by atoms with Crippen molar-refractivity contribution in [1.82, 2.24) is 10.2 Å². The highest BCUT2D eigenvalue weighted by Crippen LogP contribution is 2.36.